The average molecular weight is 501 g/mol. The molecule has 2 heterocycles. The first-order valence-corrected chi connectivity index (χ1v) is 11.5. The molecule has 1 N–H and O–H groups in total. The second-order valence-corrected chi connectivity index (χ2v) is 8.59. The van der Waals surface area contributed by atoms with Crippen molar-refractivity contribution < 1.29 is 9.53 Å². The van der Waals surface area contributed by atoms with Crippen molar-refractivity contribution in [1.82, 2.24) is 30.3 Å². The van der Waals surface area contributed by atoms with Crippen LogP contribution in [-0.2, 0) is 12.3 Å². The van der Waals surface area contributed by atoms with Crippen LogP contribution >= 0.6 is 35.0 Å². The Labute approximate surface area is 204 Å². The van der Waals surface area contributed by atoms with E-state index in [0.29, 0.717) is 38.9 Å². The van der Waals surface area contributed by atoms with Gasteiger partial charge in [-0.3, -0.25) is 4.79 Å². The van der Waals surface area contributed by atoms with Gasteiger partial charge < -0.3 is 10.1 Å². The Hall–Kier alpha value is -3.14. The van der Waals surface area contributed by atoms with Crippen LogP contribution in [0.4, 0.5) is 0 Å². The molecule has 0 saturated carbocycles. The number of methoxy groups -OCH3 is 1. The van der Waals surface area contributed by atoms with Gasteiger partial charge >= 0.3 is 0 Å². The summed E-state index contributed by atoms with van der Waals surface area (Å²) in [6.07, 6.45) is 3.31. The van der Waals surface area contributed by atoms with Crippen molar-refractivity contribution in [3.63, 3.8) is 0 Å². The Morgan fingerprint density at radius 2 is 1.79 bits per heavy atom. The maximum Gasteiger partial charge on any atom is 0.274 e. The van der Waals surface area contributed by atoms with E-state index in [1.165, 1.54) is 11.8 Å². The maximum atomic E-state index is 13.0. The summed E-state index contributed by atoms with van der Waals surface area (Å²) >= 11 is 13.7. The molecule has 0 atom stereocenters. The zero-order valence-electron chi connectivity index (χ0n) is 17.4. The van der Waals surface area contributed by atoms with Crippen molar-refractivity contribution >= 4 is 40.9 Å². The summed E-state index contributed by atoms with van der Waals surface area (Å²) in [5.41, 5.74) is 2.28. The van der Waals surface area contributed by atoms with Crippen LogP contribution in [-0.4, -0.2) is 38.0 Å². The number of ether oxygens (including phenoxy) is 1. The van der Waals surface area contributed by atoms with Gasteiger partial charge in [-0.05, 0) is 42.0 Å². The first kappa shape index (κ1) is 23.0. The van der Waals surface area contributed by atoms with Crippen molar-refractivity contribution in [3.8, 4) is 11.4 Å². The van der Waals surface area contributed by atoms with E-state index >= 15 is 0 Å². The molecule has 4 aromatic rings. The second-order valence-electron chi connectivity index (χ2n) is 6.77. The number of hydrogen-bond donors (Lipinski definition) is 1. The van der Waals surface area contributed by atoms with Crippen LogP contribution < -0.4 is 10.1 Å². The number of nitrogens with one attached hydrogen (secondary N) is 1. The van der Waals surface area contributed by atoms with E-state index < -0.39 is 0 Å². The number of hydrogen-bond acceptors (Lipinski definition) is 7. The Bertz CT molecular complexity index is 1230. The van der Waals surface area contributed by atoms with Gasteiger partial charge in [0.15, 0.2) is 10.9 Å². The molecule has 0 aliphatic carbocycles. The number of thioether (sulfide) groups is 1. The third-order valence-corrected chi connectivity index (χ3v) is 5.89. The first-order valence-electron chi connectivity index (χ1n) is 9.75. The lowest BCUT2D eigenvalue weighted by molar-refractivity contribution is 0.0945. The monoisotopic (exact) mass is 500 g/mol. The molecular formula is C22H18Cl2N6O2S. The number of halogens is 2. The minimum Gasteiger partial charge on any atom is -0.497 e. The molecule has 0 radical (unpaired) electrons. The zero-order valence-corrected chi connectivity index (χ0v) is 19.7. The number of amides is 1. The van der Waals surface area contributed by atoms with Gasteiger partial charge in [-0.15, -0.1) is 5.10 Å². The van der Waals surface area contributed by atoms with Crippen LogP contribution in [0.25, 0.3) is 5.69 Å². The maximum absolute atomic E-state index is 13.0. The highest BCUT2D eigenvalue weighted by atomic mass is 35.5. The second kappa shape index (κ2) is 10.7. The summed E-state index contributed by atoms with van der Waals surface area (Å²) in [7, 11) is 1.60. The van der Waals surface area contributed by atoms with Crippen LogP contribution in [0.5, 0.6) is 5.75 Å². The minimum atomic E-state index is -0.352. The molecule has 0 spiro atoms. The van der Waals surface area contributed by atoms with E-state index in [2.05, 4.69) is 25.6 Å². The van der Waals surface area contributed by atoms with Gasteiger partial charge in [-0.1, -0.05) is 52.3 Å². The highest BCUT2D eigenvalue weighted by Crippen LogP contribution is 2.26. The molecule has 0 saturated heterocycles. The topological polar surface area (TPSA) is 94.8 Å². The molecule has 11 heteroatoms. The lowest BCUT2D eigenvalue weighted by Crippen LogP contribution is -2.24. The number of nitrogens with zero attached hydrogens (tertiary/aromatic N) is 5. The Balaban J connectivity index is 1.60. The number of carbonyl (C=O) groups is 1. The number of benzene rings is 2. The van der Waals surface area contributed by atoms with Gasteiger partial charge in [0.25, 0.3) is 5.91 Å². The molecule has 0 unspecified atom stereocenters. The van der Waals surface area contributed by atoms with Crippen LogP contribution in [0.3, 0.4) is 0 Å². The normalized spacial score (nSPS) is 10.8. The van der Waals surface area contributed by atoms with Gasteiger partial charge in [-0.25, -0.2) is 14.6 Å². The van der Waals surface area contributed by atoms with E-state index in [0.717, 1.165) is 11.3 Å². The van der Waals surface area contributed by atoms with E-state index in [-0.39, 0.29) is 11.6 Å². The minimum absolute atomic E-state index is 0.197. The molecule has 0 bridgehead atoms. The van der Waals surface area contributed by atoms with Crippen LogP contribution in [0.2, 0.25) is 10.0 Å². The third-order valence-electron chi connectivity index (χ3n) is 4.56. The Morgan fingerprint density at radius 1 is 1.09 bits per heavy atom. The third kappa shape index (κ3) is 5.81. The largest absolute Gasteiger partial charge is 0.497 e. The van der Waals surface area contributed by atoms with Crippen LogP contribution in [0, 0.1) is 0 Å². The van der Waals surface area contributed by atoms with Gasteiger partial charge in [0.2, 0.25) is 0 Å². The fourth-order valence-corrected chi connectivity index (χ4v) is 4.29. The van der Waals surface area contributed by atoms with Gasteiger partial charge in [0.1, 0.15) is 5.75 Å². The highest BCUT2D eigenvalue weighted by molar-refractivity contribution is 7.98. The van der Waals surface area contributed by atoms with Gasteiger partial charge in [-0.2, -0.15) is 0 Å². The quantitative estimate of drug-likeness (QED) is 0.279. The summed E-state index contributed by atoms with van der Waals surface area (Å²) in [4.78, 5) is 21.5. The summed E-state index contributed by atoms with van der Waals surface area (Å²) in [5, 5.41) is 12.7. The first-order chi connectivity index (χ1) is 16.0. The SMILES string of the molecule is COc1ccc(CNC(=O)c2nnn(-c3cc(Cl)cc(Cl)c3)c2CSc2ncccn2)cc1. The smallest absolute Gasteiger partial charge is 0.274 e. The number of carbonyl (C=O) groups excluding carboxylic acids is 1. The predicted molar refractivity (Wildman–Crippen MR) is 127 cm³/mol. The molecule has 1 amide bonds. The fraction of sp³-hybridized carbons (Fsp3) is 0.136. The van der Waals surface area contributed by atoms with Crippen molar-refractivity contribution in [2.24, 2.45) is 0 Å². The molecule has 8 nitrogen and oxygen atoms in total. The molecule has 2 aromatic carbocycles. The van der Waals surface area contributed by atoms with E-state index in [1.807, 2.05) is 24.3 Å². The summed E-state index contributed by atoms with van der Waals surface area (Å²) in [5.74, 6) is 0.748. The lowest BCUT2D eigenvalue weighted by Gasteiger charge is -2.09. The van der Waals surface area contributed by atoms with Crippen molar-refractivity contribution in [3.05, 3.63) is 87.9 Å². The molecule has 2 aromatic heterocycles. The number of aromatic nitrogens is 5. The summed E-state index contributed by atoms with van der Waals surface area (Å²) in [6.45, 7) is 0.326. The molecule has 4 rings (SSSR count). The van der Waals surface area contributed by atoms with E-state index in [4.69, 9.17) is 27.9 Å². The fourth-order valence-electron chi connectivity index (χ4n) is 2.98. The standard InChI is InChI=1S/C22H18Cl2N6O2S/c1-32-18-5-3-14(4-6-18)12-27-21(31)20-19(13-33-22-25-7-2-8-26-22)30(29-28-20)17-10-15(23)9-16(24)11-17/h2-11H,12-13H2,1H3,(H,27,31). The summed E-state index contributed by atoms with van der Waals surface area (Å²) < 4.78 is 6.72. The molecule has 0 fully saturated rings. The van der Waals surface area contributed by atoms with Crippen LogP contribution in [0.15, 0.2) is 66.1 Å². The van der Waals surface area contributed by atoms with Crippen LogP contribution in [0.1, 0.15) is 21.7 Å². The molecule has 0 aliphatic heterocycles. The average Bonchev–Trinajstić information content (AvgIpc) is 3.25. The van der Waals surface area contributed by atoms with Crippen molar-refractivity contribution in [1.29, 1.82) is 0 Å². The summed E-state index contributed by atoms with van der Waals surface area (Å²) in [6, 6.07) is 14.2. The number of rotatable bonds is 8. The van der Waals surface area contributed by atoms with Gasteiger partial charge in [0, 0.05) is 34.7 Å². The lowest BCUT2D eigenvalue weighted by atomic mass is 10.2. The van der Waals surface area contributed by atoms with E-state index in [1.54, 1.807) is 48.5 Å². The molecular weight excluding hydrogens is 483 g/mol. The predicted octanol–water partition coefficient (Wildman–Crippen LogP) is 4.60. The van der Waals surface area contributed by atoms with E-state index in [9.17, 15) is 4.79 Å². The van der Waals surface area contributed by atoms with Crippen molar-refractivity contribution in [2.75, 3.05) is 7.11 Å². The Kier molecular flexibility index (Phi) is 7.43. The van der Waals surface area contributed by atoms with Crippen molar-refractivity contribution in [2.45, 2.75) is 17.5 Å². The Morgan fingerprint density at radius 3 is 2.45 bits per heavy atom. The molecule has 33 heavy (non-hydrogen) atoms. The van der Waals surface area contributed by atoms with Gasteiger partial charge in [0.05, 0.1) is 18.5 Å². The highest BCUT2D eigenvalue weighted by Gasteiger charge is 2.21. The zero-order chi connectivity index (χ0) is 23.2. The molecule has 168 valence electrons. The molecule has 0 aliphatic rings.